The summed E-state index contributed by atoms with van der Waals surface area (Å²) in [6, 6.07) is 5.49. The molecule has 0 aliphatic carbocycles. The van der Waals surface area contributed by atoms with Crippen molar-refractivity contribution in [2.45, 2.75) is 0 Å². The van der Waals surface area contributed by atoms with Crippen molar-refractivity contribution in [1.29, 1.82) is 0 Å². The van der Waals surface area contributed by atoms with Gasteiger partial charge in [-0.3, -0.25) is 4.79 Å². The minimum atomic E-state index is -1.16. The predicted molar refractivity (Wildman–Crippen MR) is 59.9 cm³/mol. The highest BCUT2D eigenvalue weighted by Gasteiger charge is 2.14. The number of rotatable bonds is 3. The van der Waals surface area contributed by atoms with E-state index in [1.165, 1.54) is 18.2 Å². The van der Waals surface area contributed by atoms with E-state index in [1.54, 1.807) is 6.07 Å². The first-order valence-corrected chi connectivity index (χ1v) is 5.35. The number of hydrogen-bond acceptors (Lipinski definition) is 4. The van der Waals surface area contributed by atoms with Crippen LogP contribution >= 0.6 is 11.5 Å². The second kappa shape index (κ2) is 4.42. The normalized spacial score (nSPS) is 10.2. The van der Waals surface area contributed by atoms with Gasteiger partial charge in [-0.25, -0.2) is 9.18 Å². The van der Waals surface area contributed by atoms with E-state index in [-0.39, 0.29) is 11.3 Å². The topological polar surface area (TPSA) is 67.3 Å². The highest BCUT2D eigenvalue weighted by Crippen LogP contribution is 2.28. The zero-order valence-electron chi connectivity index (χ0n) is 8.38. The van der Waals surface area contributed by atoms with Crippen molar-refractivity contribution in [2.24, 2.45) is 0 Å². The molecule has 0 amide bonds. The number of carboxylic acids is 1. The Bertz CT molecular complexity index is 594. The summed E-state index contributed by atoms with van der Waals surface area (Å²) in [7, 11) is 0. The van der Waals surface area contributed by atoms with Crippen LogP contribution in [0.15, 0.2) is 24.3 Å². The Kier molecular flexibility index (Phi) is 2.97. The Labute approximate surface area is 99.5 Å². The molecule has 0 fully saturated rings. The molecule has 1 aromatic carbocycles. The Hall–Kier alpha value is -2.08. The van der Waals surface area contributed by atoms with Crippen molar-refractivity contribution in [2.75, 3.05) is 0 Å². The molecule has 0 atom stereocenters. The average Bonchev–Trinajstić information content (AvgIpc) is 2.77. The fourth-order valence-electron chi connectivity index (χ4n) is 1.37. The molecule has 0 saturated heterocycles. The van der Waals surface area contributed by atoms with E-state index in [0.717, 1.165) is 11.5 Å². The molecule has 0 spiro atoms. The molecule has 86 valence electrons. The summed E-state index contributed by atoms with van der Waals surface area (Å²) in [4.78, 5) is 21.9. The van der Waals surface area contributed by atoms with Crippen LogP contribution in [0, 0.1) is 5.82 Å². The van der Waals surface area contributed by atoms with Gasteiger partial charge in [-0.1, -0.05) is 12.1 Å². The van der Waals surface area contributed by atoms with Crippen LogP contribution in [-0.2, 0) is 0 Å². The first kappa shape index (κ1) is 11.4. The van der Waals surface area contributed by atoms with Gasteiger partial charge in [0.2, 0.25) is 0 Å². The molecule has 2 rings (SSSR count). The molecule has 0 bridgehead atoms. The van der Waals surface area contributed by atoms with Gasteiger partial charge in [0.05, 0.1) is 10.4 Å². The van der Waals surface area contributed by atoms with Crippen molar-refractivity contribution in [1.82, 2.24) is 4.37 Å². The quantitative estimate of drug-likeness (QED) is 0.851. The summed E-state index contributed by atoms with van der Waals surface area (Å²) in [5.74, 6) is -1.79. The lowest BCUT2D eigenvalue weighted by Gasteiger charge is -2.01. The van der Waals surface area contributed by atoms with E-state index in [0.29, 0.717) is 16.7 Å². The molecule has 6 heteroatoms. The summed E-state index contributed by atoms with van der Waals surface area (Å²) < 4.78 is 17.0. The van der Waals surface area contributed by atoms with Gasteiger partial charge >= 0.3 is 5.97 Å². The Morgan fingerprint density at radius 3 is 2.82 bits per heavy atom. The third-order valence-electron chi connectivity index (χ3n) is 2.17. The third-order valence-corrected chi connectivity index (χ3v) is 2.99. The largest absolute Gasteiger partial charge is 0.476 e. The van der Waals surface area contributed by atoms with E-state index in [9.17, 15) is 14.0 Å². The molecule has 0 saturated carbocycles. The highest BCUT2D eigenvalue weighted by atomic mass is 32.1. The lowest BCUT2D eigenvalue weighted by Crippen LogP contribution is -1.94. The molecule has 1 N–H and O–H groups in total. The van der Waals surface area contributed by atoms with Crippen molar-refractivity contribution < 1.29 is 19.1 Å². The Morgan fingerprint density at radius 2 is 2.24 bits per heavy atom. The SMILES string of the molecule is O=Cc1c(F)cccc1-c1cc(C(=O)O)ns1. The standard InChI is InChI=1S/C11H6FNO3S/c12-8-3-1-2-6(7(8)5-14)10-4-9(11(15)16)13-17-10/h1-5H,(H,15,16). The molecule has 1 aromatic heterocycles. The van der Waals surface area contributed by atoms with Gasteiger partial charge in [-0.05, 0) is 23.7 Å². The van der Waals surface area contributed by atoms with E-state index >= 15 is 0 Å². The zero-order chi connectivity index (χ0) is 12.4. The highest BCUT2D eigenvalue weighted by molar-refractivity contribution is 7.09. The third kappa shape index (κ3) is 2.07. The molecule has 1 heterocycles. The number of hydrogen-bond donors (Lipinski definition) is 1. The number of aldehydes is 1. The number of halogens is 1. The van der Waals surface area contributed by atoms with Crippen LogP contribution in [0.1, 0.15) is 20.8 Å². The molecule has 17 heavy (non-hydrogen) atoms. The second-order valence-electron chi connectivity index (χ2n) is 3.20. The Morgan fingerprint density at radius 1 is 1.47 bits per heavy atom. The van der Waals surface area contributed by atoms with Gasteiger partial charge in [0.1, 0.15) is 5.82 Å². The van der Waals surface area contributed by atoms with Crippen molar-refractivity contribution in [3.8, 4) is 10.4 Å². The van der Waals surface area contributed by atoms with Crippen LogP contribution in [0.3, 0.4) is 0 Å². The number of carbonyl (C=O) groups is 2. The maximum atomic E-state index is 13.3. The fourth-order valence-corrected chi connectivity index (χ4v) is 2.14. The van der Waals surface area contributed by atoms with Gasteiger partial charge in [0.15, 0.2) is 12.0 Å². The van der Waals surface area contributed by atoms with E-state index in [4.69, 9.17) is 5.11 Å². The number of benzene rings is 1. The number of carboxylic acid groups (broad SMARTS) is 1. The van der Waals surface area contributed by atoms with Crippen molar-refractivity contribution >= 4 is 23.8 Å². The second-order valence-corrected chi connectivity index (χ2v) is 4.01. The number of carbonyl (C=O) groups excluding carboxylic acids is 1. The van der Waals surface area contributed by atoms with Crippen molar-refractivity contribution in [3.63, 3.8) is 0 Å². The first-order chi connectivity index (χ1) is 8.13. The monoisotopic (exact) mass is 251 g/mol. The summed E-state index contributed by atoms with van der Waals surface area (Å²) in [5.41, 5.74) is 0.143. The predicted octanol–water partition coefficient (Wildman–Crippen LogP) is 2.46. The van der Waals surface area contributed by atoms with E-state index < -0.39 is 11.8 Å². The summed E-state index contributed by atoms with van der Waals surface area (Å²) >= 11 is 0.913. The van der Waals surface area contributed by atoms with Crippen LogP contribution in [-0.4, -0.2) is 21.7 Å². The van der Waals surface area contributed by atoms with Gasteiger partial charge < -0.3 is 5.11 Å². The maximum Gasteiger partial charge on any atom is 0.355 e. The minimum absolute atomic E-state index is 0.0897. The number of aromatic nitrogens is 1. The molecular formula is C11H6FNO3S. The van der Waals surface area contributed by atoms with Gasteiger partial charge in [-0.2, -0.15) is 4.37 Å². The lowest BCUT2D eigenvalue weighted by atomic mass is 10.1. The molecule has 4 nitrogen and oxygen atoms in total. The van der Waals surface area contributed by atoms with Crippen LogP contribution in [0.4, 0.5) is 4.39 Å². The molecule has 0 unspecified atom stereocenters. The Balaban J connectivity index is 2.56. The minimum Gasteiger partial charge on any atom is -0.476 e. The number of aromatic carboxylic acids is 1. The average molecular weight is 251 g/mol. The van der Waals surface area contributed by atoms with Crippen LogP contribution in [0.5, 0.6) is 0 Å². The smallest absolute Gasteiger partial charge is 0.355 e. The molecule has 0 aliphatic rings. The molecule has 2 aromatic rings. The van der Waals surface area contributed by atoms with Crippen LogP contribution in [0.25, 0.3) is 10.4 Å². The van der Waals surface area contributed by atoms with Gasteiger partial charge in [0, 0.05) is 5.56 Å². The fraction of sp³-hybridized carbons (Fsp3) is 0. The first-order valence-electron chi connectivity index (χ1n) is 4.57. The lowest BCUT2D eigenvalue weighted by molar-refractivity contribution is 0.0691. The van der Waals surface area contributed by atoms with E-state index in [1.807, 2.05) is 0 Å². The molecule has 0 aliphatic heterocycles. The van der Waals surface area contributed by atoms with Crippen molar-refractivity contribution in [3.05, 3.63) is 41.3 Å². The van der Waals surface area contributed by atoms with E-state index in [2.05, 4.69) is 4.37 Å². The van der Waals surface area contributed by atoms with Gasteiger partial charge in [0.25, 0.3) is 0 Å². The molecule has 0 radical (unpaired) electrons. The maximum absolute atomic E-state index is 13.3. The summed E-state index contributed by atoms with van der Waals surface area (Å²) in [6.07, 6.45) is 0.408. The summed E-state index contributed by atoms with van der Waals surface area (Å²) in [6.45, 7) is 0. The summed E-state index contributed by atoms with van der Waals surface area (Å²) in [5, 5.41) is 8.73. The molecular weight excluding hydrogens is 245 g/mol. The zero-order valence-corrected chi connectivity index (χ0v) is 9.20. The number of nitrogens with zero attached hydrogens (tertiary/aromatic N) is 1. The van der Waals surface area contributed by atoms with Gasteiger partial charge in [-0.15, -0.1) is 0 Å². The van der Waals surface area contributed by atoms with Crippen LogP contribution < -0.4 is 0 Å². The van der Waals surface area contributed by atoms with Crippen LogP contribution in [0.2, 0.25) is 0 Å².